The van der Waals surface area contributed by atoms with Crippen molar-refractivity contribution in [1.82, 2.24) is 4.98 Å². The van der Waals surface area contributed by atoms with Crippen LogP contribution in [0.5, 0.6) is 0 Å². The molecule has 0 spiro atoms. The third kappa shape index (κ3) is 2.05. The molecule has 0 bridgehead atoms. The van der Waals surface area contributed by atoms with Crippen LogP contribution in [0.25, 0.3) is 10.6 Å². The van der Waals surface area contributed by atoms with Crippen molar-refractivity contribution in [3.63, 3.8) is 0 Å². The molecule has 0 aliphatic carbocycles. The molecular formula is C10H5ClFNO2S. The van der Waals surface area contributed by atoms with E-state index in [0.29, 0.717) is 10.6 Å². The van der Waals surface area contributed by atoms with E-state index in [0.717, 1.165) is 11.3 Å². The minimum Gasteiger partial charge on any atom is -0.476 e. The van der Waals surface area contributed by atoms with Gasteiger partial charge in [-0.15, -0.1) is 11.3 Å². The lowest BCUT2D eigenvalue weighted by Gasteiger charge is -1.94. The molecule has 0 radical (unpaired) electrons. The number of aromatic carboxylic acids is 1. The highest BCUT2D eigenvalue weighted by Gasteiger charge is 2.16. The van der Waals surface area contributed by atoms with Crippen LogP contribution in [0, 0.1) is 5.82 Å². The van der Waals surface area contributed by atoms with Gasteiger partial charge in [-0.05, 0) is 24.3 Å². The lowest BCUT2D eigenvalue weighted by Crippen LogP contribution is -1.96. The number of carboxylic acid groups (broad SMARTS) is 1. The molecule has 82 valence electrons. The molecule has 3 nitrogen and oxygen atoms in total. The van der Waals surface area contributed by atoms with Gasteiger partial charge in [0.1, 0.15) is 15.2 Å². The molecule has 16 heavy (non-hydrogen) atoms. The molecule has 0 unspecified atom stereocenters. The van der Waals surface area contributed by atoms with Crippen molar-refractivity contribution in [3.05, 3.63) is 40.1 Å². The van der Waals surface area contributed by atoms with Gasteiger partial charge in [-0.25, -0.2) is 14.2 Å². The van der Waals surface area contributed by atoms with Crippen LogP contribution in [-0.4, -0.2) is 16.1 Å². The van der Waals surface area contributed by atoms with Crippen molar-refractivity contribution in [2.75, 3.05) is 0 Å². The zero-order chi connectivity index (χ0) is 11.7. The second kappa shape index (κ2) is 4.19. The molecule has 2 rings (SSSR count). The standard InChI is InChI=1S/C10H5ClFNO2S/c11-8-7(10(14)15)13-9(16-8)5-1-3-6(12)4-2-5/h1-4H,(H,14,15). The molecule has 0 saturated heterocycles. The Morgan fingerprint density at radius 3 is 2.50 bits per heavy atom. The van der Waals surface area contributed by atoms with Gasteiger partial charge < -0.3 is 5.11 Å². The molecule has 0 saturated carbocycles. The molecule has 0 atom stereocenters. The summed E-state index contributed by atoms with van der Waals surface area (Å²) < 4.78 is 12.8. The second-order valence-corrected chi connectivity index (χ2v) is 4.55. The minimum absolute atomic E-state index is 0.117. The fraction of sp³-hybridized carbons (Fsp3) is 0. The van der Waals surface area contributed by atoms with Crippen molar-refractivity contribution in [3.8, 4) is 10.6 Å². The number of nitrogens with zero attached hydrogens (tertiary/aromatic N) is 1. The van der Waals surface area contributed by atoms with Crippen molar-refractivity contribution in [1.29, 1.82) is 0 Å². The van der Waals surface area contributed by atoms with E-state index in [-0.39, 0.29) is 15.8 Å². The molecule has 1 aromatic heterocycles. The Labute approximate surface area is 99.1 Å². The number of carboxylic acids is 1. The minimum atomic E-state index is -1.17. The summed E-state index contributed by atoms with van der Waals surface area (Å²) in [6, 6.07) is 5.61. The summed E-state index contributed by atoms with van der Waals surface area (Å²) in [6.45, 7) is 0. The first-order valence-corrected chi connectivity index (χ1v) is 5.43. The zero-order valence-electron chi connectivity index (χ0n) is 7.78. The summed E-state index contributed by atoms with van der Waals surface area (Å²) in [5.41, 5.74) is 0.465. The second-order valence-electron chi connectivity index (χ2n) is 2.95. The van der Waals surface area contributed by atoms with Gasteiger partial charge in [-0.3, -0.25) is 0 Å². The lowest BCUT2D eigenvalue weighted by molar-refractivity contribution is 0.0691. The van der Waals surface area contributed by atoms with Crippen LogP contribution >= 0.6 is 22.9 Å². The predicted molar refractivity (Wildman–Crippen MR) is 59.5 cm³/mol. The predicted octanol–water partition coefficient (Wildman–Crippen LogP) is 3.30. The Balaban J connectivity index is 2.45. The number of carbonyl (C=O) groups is 1. The van der Waals surface area contributed by atoms with E-state index in [1.807, 2.05) is 0 Å². The highest BCUT2D eigenvalue weighted by atomic mass is 35.5. The van der Waals surface area contributed by atoms with Gasteiger partial charge >= 0.3 is 5.97 Å². The molecule has 0 aliphatic heterocycles. The van der Waals surface area contributed by atoms with Gasteiger partial charge in [0.05, 0.1) is 0 Å². The van der Waals surface area contributed by atoms with Gasteiger partial charge in [0.15, 0.2) is 5.69 Å². The summed E-state index contributed by atoms with van der Waals surface area (Å²) in [7, 11) is 0. The Morgan fingerprint density at radius 1 is 1.38 bits per heavy atom. The third-order valence-electron chi connectivity index (χ3n) is 1.88. The Bertz CT molecular complexity index is 538. The quantitative estimate of drug-likeness (QED) is 0.898. The van der Waals surface area contributed by atoms with Crippen LogP contribution < -0.4 is 0 Å². The molecule has 0 fully saturated rings. The molecular weight excluding hydrogens is 253 g/mol. The summed E-state index contributed by atoms with van der Waals surface area (Å²) >= 11 is 6.77. The van der Waals surface area contributed by atoms with Gasteiger partial charge in [0, 0.05) is 5.56 Å². The Morgan fingerprint density at radius 2 is 2.00 bits per heavy atom. The van der Waals surface area contributed by atoms with Gasteiger partial charge in [-0.2, -0.15) is 0 Å². The molecule has 6 heteroatoms. The van der Waals surface area contributed by atoms with Crippen LogP contribution in [0.3, 0.4) is 0 Å². The van der Waals surface area contributed by atoms with E-state index >= 15 is 0 Å². The van der Waals surface area contributed by atoms with Crippen LogP contribution in [0.15, 0.2) is 24.3 Å². The number of hydrogen-bond acceptors (Lipinski definition) is 3. The first-order chi connectivity index (χ1) is 7.58. The molecule has 0 amide bonds. The average molecular weight is 258 g/mol. The molecule has 1 N–H and O–H groups in total. The van der Waals surface area contributed by atoms with Crippen LogP contribution in [0.2, 0.25) is 4.34 Å². The van der Waals surface area contributed by atoms with Crippen LogP contribution in [0.4, 0.5) is 4.39 Å². The molecule has 1 heterocycles. The summed E-state index contributed by atoms with van der Waals surface area (Å²) in [5.74, 6) is -1.53. The maximum atomic E-state index is 12.7. The average Bonchev–Trinajstić information content (AvgIpc) is 2.61. The number of thiazole rings is 1. The largest absolute Gasteiger partial charge is 0.476 e. The van der Waals surface area contributed by atoms with Crippen molar-refractivity contribution >= 4 is 28.9 Å². The normalized spacial score (nSPS) is 10.4. The molecule has 2 aromatic rings. The Hall–Kier alpha value is -1.46. The zero-order valence-corrected chi connectivity index (χ0v) is 9.35. The first-order valence-electron chi connectivity index (χ1n) is 4.23. The first kappa shape index (κ1) is 11.0. The van der Waals surface area contributed by atoms with Gasteiger partial charge in [-0.1, -0.05) is 11.6 Å². The topological polar surface area (TPSA) is 50.2 Å². The van der Waals surface area contributed by atoms with E-state index in [9.17, 15) is 9.18 Å². The van der Waals surface area contributed by atoms with E-state index in [1.54, 1.807) is 0 Å². The maximum Gasteiger partial charge on any atom is 0.356 e. The monoisotopic (exact) mass is 257 g/mol. The number of rotatable bonds is 2. The maximum absolute atomic E-state index is 12.7. The summed E-state index contributed by atoms with van der Waals surface area (Å²) in [4.78, 5) is 14.6. The van der Waals surface area contributed by atoms with Crippen LogP contribution in [-0.2, 0) is 0 Å². The summed E-state index contributed by atoms with van der Waals surface area (Å²) in [5, 5.41) is 9.23. The van der Waals surface area contributed by atoms with Crippen molar-refractivity contribution in [2.45, 2.75) is 0 Å². The lowest BCUT2D eigenvalue weighted by atomic mass is 10.2. The Kier molecular flexibility index (Phi) is 2.89. The fourth-order valence-electron chi connectivity index (χ4n) is 1.15. The van der Waals surface area contributed by atoms with E-state index < -0.39 is 5.97 Å². The van der Waals surface area contributed by atoms with Gasteiger partial charge in [0.2, 0.25) is 0 Å². The number of benzene rings is 1. The number of aromatic nitrogens is 1. The highest BCUT2D eigenvalue weighted by Crippen LogP contribution is 2.31. The molecule has 0 aliphatic rings. The SMILES string of the molecule is O=C(O)c1nc(-c2ccc(F)cc2)sc1Cl. The van der Waals surface area contributed by atoms with E-state index in [4.69, 9.17) is 16.7 Å². The third-order valence-corrected chi connectivity index (χ3v) is 3.18. The van der Waals surface area contributed by atoms with E-state index in [2.05, 4.69) is 4.98 Å². The number of hydrogen-bond donors (Lipinski definition) is 1. The van der Waals surface area contributed by atoms with Crippen molar-refractivity contribution in [2.24, 2.45) is 0 Å². The van der Waals surface area contributed by atoms with Crippen LogP contribution in [0.1, 0.15) is 10.5 Å². The fourth-order valence-corrected chi connectivity index (χ4v) is 2.28. The highest BCUT2D eigenvalue weighted by molar-refractivity contribution is 7.19. The van der Waals surface area contributed by atoms with Crippen molar-refractivity contribution < 1.29 is 14.3 Å². The number of halogens is 2. The smallest absolute Gasteiger partial charge is 0.356 e. The van der Waals surface area contributed by atoms with Gasteiger partial charge in [0.25, 0.3) is 0 Å². The van der Waals surface area contributed by atoms with E-state index in [1.165, 1.54) is 24.3 Å². The molecule has 1 aromatic carbocycles. The summed E-state index contributed by atoms with van der Waals surface area (Å²) in [6.07, 6.45) is 0.